The summed E-state index contributed by atoms with van der Waals surface area (Å²) in [6.07, 6.45) is -0.416. The summed E-state index contributed by atoms with van der Waals surface area (Å²) >= 11 is 0. The summed E-state index contributed by atoms with van der Waals surface area (Å²) in [4.78, 5) is 13.9. The lowest BCUT2D eigenvalue weighted by molar-refractivity contribution is -0.130. The van der Waals surface area contributed by atoms with Crippen molar-refractivity contribution < 1.29 is 22.7 Å². The van der Waals surface area contributed by atoms with Crippen LogP contribution in [0.2, 0.25) is 0 Å². The van der Waals surface area contributed by atoms with Gasteiger partial charge in [-0.15, -0.1) is 0 Å². The molecule has 1 unspecified atom stereocenters. The van der Waals surface area contributed by atoms with Gasteiger partial charge in [0.1, 0.15) is 5.82 Å². The first-order valence-corrected chi connectivity index (χ1v) is 10.5. The number of benzene rings is 2. The molecule has 3 rings (SSSR count). The molecule has 1 N–H and O–H groups in total. The van der Waals surface area contributed by atoms with Crippen molar-refractivity contribution in [2.24, 2.45) is 0 Å². The van der Waals surface area contributed by atoms with Gasteiger partial charge in [-0.2, -0.15) is 4.31 Å². The van der Waals surface area contributed by atoms with Gasteiger partial charge in [-0.1, -0.05) is 36.4 Å². The van der Waals surface area contributed by atoms with Gasteiger partial charge in [0.15, 0.2) is 0 Å². The van der Waals surface area contributed by atoms with Crippen LogP contribution in [-0.2, 0) is 21.2 Å². The molecule has 0 aromatic heterocycles. The second kappa shape index (κ2) is 8.38. The number of nitrogens with zero attached hydrogens (tertiary/aromatic N) is 2. The van der Waals surface area contributed by atoms with Crippen molar-refractivity contribution >= 4 is 15.9 Å². The highest BCUT2D eigenvalue weighted by Crippen LogP contribution is 2.22. The lowest BCUT2D eigenvalue weighted by Gasteiger charge is -2.22. The third-order valence-electron chi connectivity index (χ3n) is 4.79. The first kappa shape index (κ1) is 20.4. The van der Waals surface area contributed by atoms with Crippen LogP contribution in [0.5, 0.6) is 0 Å². The van der Waals surface area contributed by atoms with Gasteiger partial charge in [-0.3, -0.25) is 4.79 Å². The second-order valence-corrected chi connectivity index (χ2v) is 8.84. The molecule has 0 aliphatic carbocycles. The monoisotopic (exact) mass is 406 g/mol. The number of sulfonamides is 1. The molecule has 0 radical (unpaired) electrons. The van der Waals surface area contributed by atoms with Crippen molar-refractivity contribution in [1.82, 2.24) is 9.21 Å². The summed E-state index contributed by atoms with van der Waals surface area (Å²) in [7, 11) is -4.11. The van der Waals surface area contributed by atoms with Gasteiger partial charge in [0.2, 0.25) is 15.9 Å². The molecule has 1 aliphatic heterocycles. The van der Waals surface area contributed by atoms with Gasteiger partial charge in [0.05, 0.1) is 17.5 Å². The van der Waals surface area contributed by atoms with Gasteiger partial charge >= 0.3 is 0 Å². The van der Waals surface area contributed by atoms with Crippen LogP contribution in [0.4, 0.5) is 4.39 Å². The van der Waals surface area contributed by atoms with E-state index in [0.29, 0.717) is 18.5 Å². The van der Waals surface area contributed by atoms with E-state index in [-0.39, 0.29) is 30.4 Å². The number of amides is 1. The van der Waals surface area contributed by atoms with Crippen molar-refractivity contribution in [3.05, 3.63) is 65.5 Å². The Morgan fingerprint density at radius 3 is 2.57 bits per heavy atom. The summed E-state index contributed by atoms with van der Waals surface area (Å²) in [5.74, 6) is -1.06. The number of aliphatic hydroxyl groups excluding tert-OH is 1. The molecule has 6 nitrogen and oxygen atoms in total. The number of rotatable bonds is 5. The van der Waals surface area contributed by atoms with Crippen LogP contribution >= 0.6 is 0 Å². The largest absolute Gasteiger partial charge is 0.390 e. The van der Waals surface area contributed by atoms with E-state index < -0.39 is 21.9 Å². The molecule has 150 valence electrons. The number of aliphatic hydroxyl groups is 1. The van der Waals surface area contributed by atoms with Gasteiger partial charge in [-0.25, -0.2) is 12.8 Å². The summed E-state index contributed by atoms with van der Waals surface area (Å²) in [6, 6.07) is 13.1. The molecule has 28 heavy (non-hydrogen) atoms. The fraction of sp³-hybridized carbons (Fsp3) is 0.350. The SMILES string of the molecule is Cc1ccc(F)cc1S(=O)(=O)N1CC(=O)N(CCc2ccccc2)CC(O)C1. The van der Waals surface area contributed by atoms with Crippen LogP contribution in [0.25, 0.3) is 0 Å². The zero-order chi connectivity index (χ0) is 20.3. The Labute approximate surface area is 164 Å². The Morgan fingerprint density at radius 1 is 1.14 bits per heavy atom. The molecule has 0 saturated carbocycles. The standard InChI is InChI=1S/C20H23FN2O4S/c1-15-7-8-17(21)11-19(15)28(26,27)23-13-18(24)12-22(20(25)14-23)10-9-16-5-3-2-4-6-16/h2-8,11,18,24H,9-10,12-14H2,1H3. The van der Waals surface area contributed by atoms with Crippen molar-refractivity contribution in [1.29, 1.82) is 0 Å². The van der Waals surface area contributed by atoms with E-state index in [1.54, 1.807) is 6.92 Å². The number of carbonyl (C=O) groups is 1. The number of β-amino-alcohol motifs (C(OH)–C–C–N with tert-alkyl or cyclic N) is 1. The van der Waals surface area contributed by atoms with E-state index in [1.165, 1.54) is 17.0 Å². The second-order valence-electron chi connectivity index (χ2n) is 6.94. The minimum atomic E-state index is -4.11. The Kier molecular flexibility index (Phi) is 6.12. The van der Waals surface area contributed by atoms with Gasteiger partial charge < -0.3 is 10.0 Å². The Balaban J connectivity index is 1.78. The molecule has 0 spiro atoms. The summed E-state index contributed by atoms with van der Waals surface area (Å²) in [5, 5.41) is 10.3. The van der Waals surface area contributed by atoms with Gasteiger partial charge in [-0.05, 0) is 36.6 Å². The number of carbonyl (C=O) groups excluding carboxylic acids is 1. The number of halogens is 1. The lowest BCUT2D eigenvalue weighted by Crippen LogP contribution is -2.40. The minimum absolute atomic E-state index is 0.0554. The van der Waals surface area contributed by atoms with Crippen molar-refractivity contribution in [2.45, 2.75) is 24.3 Å². The van der Waals surface area contributed by atoms with Crippen molar-refractivity contribution in [2.75, 3.05) is 26.2 Å². The first-order chi connectivity index (χ1) is 13.3. The van der Waals surface area contributed by atoms with Gasteiger partial charge in [0, 0.05) is 19.6 Å². The topological polar surface area (TPSA) is 77.9 Å². The average molecular weight is 406 g/mol. The molecule has 1 heterocycles. The first-order valence-electron chi connectivity index (χ1n) is 9.03. The molecular formula is C20H23FN2O4S. The molecule has 0 bridgehead atoms. The molecule has 2 aromatic carbocycles. The molecule has 1 saturated heterocycles. The number of hydrogen-bond donors (Lipinski definition) is 1. The van der Waals surface area contributed by atoms with Crippen LogP contribution in [0, 0.1) is 12.7 Å². The van der Waals surface area contributed by atoms with E-state index in [0.717, 1.165) is 15.9 Å². The van der Waals surface area contributed by atoms with Crippen LogP contribution in [0.1, 0.15) is 11.1 Å². The summed E-state index contributed by atoms with van der Waals surface area (Å²) in [6.45, 7) is 1.40. The lowest BCUT2D eigenvalue weighted by atomic mass is 10.1. The van der Waals surface area contributed by atoms with E-state index >= 15 is 0 Å². The summed E-state index contributed by atoms with van der Waals surface area (Å²) in [5.41, 5.74) is 1.43. The molecule has 8 heteroatoms. The fourth-order valence-electron chi connectivity index (χ4n) is 3.26. The van der Waals surface area contributed by atoms with E-state index in [1.807, 2.05) is 30.3 Å². The fourth-order valence-corrected chi connectivity index (χ4v) is 4.93. The third kappa shape index (κ3) is 4.57. The van der Waals surface area contributed by atoms with E-state index in [2.05, 4.69) is 0 Å². The Hall–Kier alpha value is -2.29. The molecule has 2 aromatic rings. The van der Waals surface area contributed by atoms with Crippen molar-refractivity contribution in [3.63, 3.8) is 0 Å². The highest BCUT2D eigenvalue weighted by Gasteiger charge is 2.35. The third-order valence-corrected chi connectivity index (χ3v) is 6.74. The molecule has 1 amide bonds. The van der Waals surface area contributed by atoms with E-state index in [9.17, 15) is 22.7 Å². The van der Waals surface area contributed by atoms with Crippen LogP contribution in [0.15, 0.2) is 53.4 Å². The highest BCUT2D eigenvalue weighted by molar-refractivity contribution is 7.89. The zero-order valence-electron chi connectivity index (χ0n) is 15.6. The zero-order valence-corrected chi connectivity index (χ0v) is 16.4. The predicted octanol–water partition coefficient (Wildman–Crippen LogP) is 1.57. The van der Waals surface area contributed by atoms with Crippen molar-refractivity contribution in [3.8, 4) is 0 Å². The quantitative estimate of drug-likeness (QED) is 0.818. The number of hydrogen-bond acceptors (Lipinski definition) is 4. The van der Waals surface area contributed by atoms with Crippen LogP contribution < -0.4 is 0 Å². The van der Waals surface area contributed by atoms with E-state index in [4.69, 9.17) is 0 Å². The summed E-state index contributed by atoms with van der Waals surface area (Å²) < 4.78 is 40.5. The molecule has 1 fully saturated rings. The maximum Gasteiger partial charge on any atom is 0.244 e. The molecule has 1 atom stereocenters. The molecular weight excluding hydrogens is 383 g/mol. The Morgan fingerprint density at radius 2 is 1.86 bits per heavy atom. The normalized spacial score (nSPS) is 18.9. The Bertz CT molecular complexity index is 950. The highest BCUT2D eigenvalue weighted by atomic mass is 32.2. The molecule has 1 aliphatic rings. The average Bonchev–Trinajstić information content (AvgIpc) is 2.81. The van der Waals surface area contributed by atoms with Crippen LogP contribution in [0.3, 0.4) is 0 Å². The number of aryl methyl sites for hydroxylation is 1. The predicted molar refractivity (Wildman–Crippen MR) is 103 cm³/mol. The van der Waals surface area contributed by atoms with Crippen LogP contribution in [-0.4, -0.2) is 60.9 Å². The minimum Gasteiger partial charge on any atom is -0.390 e. The van der Waals surface area contributed by atoms with Gasteiger partial charge in [0.25, 0.3) is 0 Å². The smallest absolute Gasteiger partial charge is 0.244 e. The maximum atomic E-state index is 13.6. The maximum absolute atomic E-state index is 13.6.